The molecule has 1 aromatic rings. The van der Waals surface area contributed by atoms with Gasteiger partial charge in [0.2, 0.25) is 0 Å². The molecule has 1 atom stereocenters. The number of rotatable bonds is 2. The molecule has 19 heavy (non-hydrogen) atoms. The lowest BCUT2D eigenvalue weighted by atomic mass is 9.83. The Balaban J connectivity index is 1.72. The van der Waals surface area contributed by atoms with Crippen LogP contribution in [0.15, 0.2) is 18.2 Å². The maximum Gasteiger partial charge on any atom is 0.122 e. The third-order valence-electron chi connectivity index (χ3n) is 4.76. The molecular weight excluding hydrogens is 234 g/mol. The molecule has 1 aromatic carbocycles. The van der Waals surface area contributed by atoms with E-state index in [0.29, 0.717) is 5.92 Å². The first-order chi connectivity index (χ1) is 9.34. The molecule has 104 valence electrons. The van der Waals surface area contributed by atoms with Gasteiger partial charge < -0.3 is 10.5 Å². The van der Waals surface area contributed by atoms with Crippen LogP contribution in [0.3, 0.4) is 0 Å². The largest absolute Gasteiger partial charge is 0.493 e. The van der Waals surface area contributed by atoms with Gasteiger partial charge in [0.1, 0.15) is 5.75 Å². The van der Waals surface area contributed by atoms with E-state index in [1.807, 2.05) is 0 Å². The van der Waals surface area contributed by atoms with Crippen LogP contribution < -0.4 is 10.5 Å². The van der Waals surface area contributed by atoms with Crippen LogP contribution in [0.25, 0.3) is 0 Å². The van der Waals surface area contributed by atoms with E-state index in [1.165, 1.54) is 56.1 Å². The Morgan fingerprint density at radius 1 is 1.05 bits per heavy atom. The predicted octanol–water partition coefficient (Wildman–Crippen LogP) is 3.98. The van der Waals surface area contributed by atoms with E-state index in [-0.39, 0.29) is 6.04 Å². The fourth-order valence-corrected chi connectivity index (χ4v) is 3.53. The average molecular weight is 259 g/mol. The Morgan fingerprint density at radius 2 is 1.79 bits per heavy atom. The molecule has 1 fully saturated rings. The van der Waals surface area contributed by atoms with Gasteiger partial charge in [0.25, 0.3) is 0 Å². The van der Waals surface area contributed by atoms with Gasteiger partial charge in [-0.15, -0.1) is 0 Å². The highest BCUT2D eigenvalue weighted by Crippen LogP contribution is 2.34. The fourth-order valence-electron chi connectivity index (χ4n) is 3.53. The van der Waals surface area contributed by atoms with Gasteiger partial charge in [-0.2, -0.15) is 0 Å². The molecule has 0 aromatic heterocycles. The highest BCUT2D eigenvalue weighted by molar-refractivity contribution is 5.40. The molecule has 2 aliphatic rings. The van der Waals surface area contributed by atoms with Crippen LogP contribution in [0, 0.1) is 5.92 Å². The van der Waals surface area contributed by atoms with Crippen molar-refractivity contribution in [1.29, 1.82) is 0 Å². The first kappa shape index (κ1) is 13.0. The number of fused-ring (bicyclic) bond motifs is 1. The summed E-state index contributed by atoms with van der Waals surface area (Å²) >= 11 is 0. The van der Waals surface area contributed by atoms with E-state index in [0.717, 1.165) is 18.8 Å². The molecule has 0 radical (unpaired) electrons. The molecule has 2 heteroatoms. The van der Waals surface area contributed by atoms with Gasteiger partial charge in [-0.3, -0.25) is 0 Å². The van der Waals surface area contributed by atoms with Crippen LogP contribution in [-0.4, -0.2) is 6.61 Å². The van der Waals surface area contributed by atoms with Crippen LogP contribution in [0.4, 0.5) is 0 Å². The summed E-state index contributed by atoms with van der Waals surface area (Å²) in [5.41, 5.74) is 9.20. The first-order valence-corrected chi connectivity index (χ1v) is 7.86. The Kier molecular flexibility index (Phi) is 4.07. The van der Waals surface area contributed by atoms with Crippen molar-refractivity contribution in [2.45, 2.75) is 57.4 Å². The minimum atomic E-state index is 0.212. The third-order valence-corrected chi connectivity index (χ3v) is 4.76. The van der Waals surface area contributed by atoms with Crippen LogP contribution in [0.5, 0.6) is 5.75 Å². The lowest BCUT2D eigenvalue weighted by Gasteiger charge is -2.26. The zero-order valence-corrected chi connectivity index (χ0v) is 11.7. The Hall–Kier alpha value is -1.02. The maximum atomic E-state index is 6.54. The highest BCUT2D eigenvalue weighted by Gasteiger charge is 2.22. The zero-order chi connectivity index (χ0) is 13.1. The quantitative estimate of drug-likeness (QED) is 0.872. The second-order valence-corrected chi connectivity index (χ2v) is 6.10. The molecular formula is C17H25NO. The average Bonchev–Trinajstić information content (AvgIpc) is 2.84. The standard InChI is InChI=1S/C17H25NO/c18-17(13-6-4-2-1-3-5-7-13)15-8-9-16-14(12-15)10-11-19-16/h8-9,12-13,17H,1-7,10-11,18H2. The number of nitrogens with two attached hydrogens (primary N) is 1. The third kappa shape index (κ3) is 2.94. The van der Waals surface area contributed by atoms with E-state index in [4.69, 9.17) is 10.5 Å². The van der Waals surface area contributed by atoms with Crippen molar-refractivity contribution in [3.05, 3.63) is 29.3 Å². The van der Waals surface area contributed by atoms with Crippen molar-refractivity contribution in [2.24, 2.45) is 11.7 Å². The molecule has 2 N–H and O–H groups in total. The molecule has 1 heterocycles. The SMILES string of the molecule is NC(c1ccc2c(c1)CCO2)C1CCCCCCC1. The highest BCUT2D eigenvalue weighted by atomic mass is 16.5. The molecule has 0 saturated heterocycles. The normalized spacial score (nSPS) is 22.2. The summed E-state index contributed by atoms with van der Waals surface area (Å²) in [4.78, 5) is 0. The van der Waals surface area contributed by atoms with Crippen molar-refractivity contribution in [3.8, 4) is 5.75 Å². The van der Waals surface area contributed by atoms with Crippen molar-refractivity contribution < 1.29 is 4.74 Å². The predicted molar refractivity (Wildman–Crippen MR) is 78.4 cm³/mol. The summed E-state index contributed by atoms with van der Waals surface area (Å²) in [6.07, 6.45) is 10.5. The minimum absolute atomic E-state index is 0.212. The van der Waals surface area contributed by atoms with Crippen molar-refractivity contribution in [2.75, 3.05) is 6.61 Å². The fraction of sp³-hybridized carbons (Fsp3) is 0.647. The van der Waals surface area contributed by atoms with E-state index in [1.54, 1.807) is 0 Å². The van der Waals surface area contributed by atoms with E-state index >= 15 is 0 Å². The molecule has 1 unspecified atom stereocenters. The van der Waals surface area contributed by atoms with E-state index in [9.17, 15) is 0 Å². The maximum absolute atomic E-state index is 6.54. The zero-order valence-electron chi connectivity index (χ0n) is 11.7. The summed E-state index contributed by atoms with van der Waals surface area (Å²) < 4.78 is 5.57. The molecule has 1 aliphatic heterocycles. The van der Waals surface area contributed by atoms with Crippen molar-refractivity contribution >= 4 is 0 Å². The van der Waals surface area contributed by atoms with Crippen LogP contribution >= 0.6 is 0 Å². The molecule has 0 amide bonds. The summed E-state index contributed by atoms with van der Waals surface area (Å²) in [6.45, 7) is 0.831. The van der Waals surface area contributed by atoms with Gasteiger partial charge in [0.05, 0.1) is 6.61 Å². The lowest BCUT2D eigenvalue weighted by Crippen LogP contribution is -2.22. The van der Waals surface area contributed by atoms with Crippen LogP contribution in [-0.2, 0) is 6.42 Å². The van der Waals surface area contributed by atoms with Gasteiger partial charge in [0.15, 0.2) is 0 Å². The van der Waals surface area contributed by atoms with Gasteiger partial charge in [0, 0.05) is 12.5 Å². The van der Waals surface area contributed by atoms with Gasteiger partial charge >= 0.3 is 0 Å². The van der Waals surface area contributed by atoms with Gasteiger partial charge in [-0.05, 0) is 36.0 Å². The van der Waals surface area contributed by atoms with Crippen molar-refractivity contribution in [3.63, 3.8) is 0 Å². The number of benzene rings is 1. The van der Waals surface area contributed by atoms with Gasteiger partial charge in [-0.1, -0.05) is 44.2 Å². The van der Waals surface area contributed by atoms with Crippen LogP contribution in [0.2, 0.25) is 0 Å². The lowest BCUT2D eigenvalue weighted by molar-refractivity contribution is 0.327. The Labute approximate surface area is 116 Å². The van der Waals surface area contributed by atoms with Crippen molar-refractivity contribution in [1.82, 2.24) is 0 Å². The topological polar surface area (TPSA) is 35.2 Å². The molecule has 3 rings (SSSR count). The molecule has 1 saturated carbocycles. The summed E-state index contributed by atoms with van der Waals surface area (Å²) in [5.74, 6) is 1.73. The van der Waals surface area contributed by atoms with E-state index in [2.05, 4.69) is 18.2 Å². The second kappa shape index (κ2) is 5.96. The summed E-state index contributed by atoms with van der Waals surface area (Å²) in [5, 5.41) is 0. The Bertz CT molecular complexity index is 421. The molecule has 0 spiro atoms. The van der Waals surface area contributed by atoms with E-state index < -0.39 is 0 Å². The number of hydrogen-bond acceptors (Lipinski definition) is 2. The molecule has 0 bridgehead atoms. The summed E-state index contributed by atoms with van der Waals surface area (Å²) in [7, 11) is 0. The smallest absolute Gasteiger partial charge is 0.122 e. The van der Waals surface area contributed by atoms with Crippen LogP contribution in [0.1, 0.15) is 62.1 Å². The minimum Gasteiger partial charge on any atom is -0.493 e. The molecule has 1 aliphatic carbocycles. The Morgan fingerprint density at radius 3 is 2.58 bits per heavy atom. The monoisotopic (exact) mass is 259 g/mol. The molecule has 2 nitrogen and oxygen atoms in total. The second-order valence-electron chi connectivity index (χ2n) is 6.10. The first-order valence-electron chi connectivity index (χ1n) is 7.86. The number of ether oxygens (including phenoxy) is 1. The number of hydrogen-bond donors (Lipinski definition) is 1. The van der Waals surface area contributed by atoms with Gasteiger partial charge in [-0.25, -0.2) is 0 Å². The summed E-state index contributed by atoms with van der Waals surface area (Å²) in [6, 6.07) is 6.78.